The molecular formula is C19H27NO2. The highest BCUT2D eigenvalue weighted by Crippen LogP contribution is 2.65. The van der Waals surface area contributed by atoms with Gasteiger partial charge in [-0.1, -0.05) is 20.8 Å². The van der Waals surface area contributed by atoms with Crippen LogP contribution in [0.25, 0.3) is 0 Å². The predicted molar refractivity (Wildman–Crippen MR) is 88.1 cm³/mol. The van der Waals surface area contributed by atoms with E-state index in [2.05, 4.69) is 26.1 Å². The summed E-state index contributed by atoms with van der Waals surface area (Å²) < 4.78 is 5.43. The Morgan fingerprint density at radius 1 is 1.27 bits per heavy atom. The second-order valence-corrected chi connectivity index (χ2v) is 7.59. The van der Waals surface area contributed by atoms with Gasteiger partial charge in [0.1, 0.15) is 5.75 Å². The maximum atomic E-state index is 12.5. The van der Waals surface area contributed by atoms with E-state index in [-0.39, 0.29) is 11.3 Å². The van der Waals surface area contributed by atoms with Gasteiger partial charge in [-0.3, -0.25) is 4.79 Å². The molecule has 120 valence electrons. The summed E-state index contributed by atoms with van der Waals surface area (Å²) in [6, 6.07) is 7.72. The monoisotopic (exact) mass is 301 g/mol. The number of benzene rings is 1. The van der Waals surface area contributed by atoms with Crippen molar-refractivity contribution in [3.63, 3.8) is 0 Å². The number of hydrogen-bond donors (Lipinski definition) is 1. The van der Waals surface area contributed by atoms with Gasteiger partial charge in [-0.15, -0.1) is 0 Å². The molecule has 1 N–H and O–H groups in total. The van der Waals surface area contributed by atoms with Crippen molar-refractivity contribution in [2.75, 3.05) is 6.61 Å². The van der Waals surface area contributed by atoms with Crippen LogP contribution in [0.4, 0.5) is 0 Å². The molecule has 1 aromatic rings. The fraction of sp³-hybridized carbons (Fsp3) is 0.632. The molecule has 3 atom stereocenters. The number of ether oxygens (including phenoxy) is 1. The summed E-state index contributed by atoms with van der Waals surface area (Å²) in [7, 11) is 0. The highest BCUT2D eigenvalue weighted by molar-refractivity contribution is 5.94. The number of carbonyl (C=O) groups is 1. The average Bonchev–Trinajstić information content (AvgIpc) is 2.81. The lowest BCUT2D eigenvalue weighted by Gasteiger charge is -2.39. The minimum absolute atomic E-state index is 0.0395. The van der Waals surface area contributed by atoms with Gasteiger partial charge in [0.15, 0.2) is 0 Å². The van der Waals surface area contributed by atoms with Gasteiger partial charge in [-0.2, -0.15) is 0 Å². The Hall–Kier alpha value is -1.51. The SMILES string of the molecule is CCOc1ccc(C(=O)N[C@H]2C[C@H]3CC[C@@]2(C)C3(C)C)cc1. The summed E-state index contributed by atoms with van der Waals surface area (Å²) in [6.45, 7) is 9.69. The number of carbonyl (C=O) groups excluding carboxylic acids is 1. The van der Waals surface area contributed by atoms with Gasteiger partial charge >= 0.3 is 0 Å². The van der Waals surface area contributed by atoms with Crippen molar-refractivity contribution >= 4 is 5.91 Å². The highest BCUT2D eigenvalue weighted by Gasteiger charge is 2.61. The first kappa shape index (κ1) is 15.4. The number of rotatable bonds is 4. The molecule has 3 heteroatoms. The zero-order valence-electron chi connectivity index (χ0n) is 14.1. The maximum Gasteiger partial charge on any atom is 0.251 e. The van der Waals surface area contributed by atoms with Gasteiger partial charge in [0.25, 0.3) is 5.91 Å². The Kier molecular flexibility index (Phi) is 3.70. The van der Waals surface area contributed by atoms with Gasteiger partial charge in [0.2, 0.25) is 0 Å². The molecule has 0 spiro atoms. The van der Waals surface area contributed by atoms with Gasteiger partial charge in [0.05, 0.1) is 6.61 Å². The third-order valence-corrected chi connectivity index (χ3v) is 6.53. The molecule has 1 aromatic carbocycles. The lowest BCUT2D eigenvalue weighted by Crippen LogP contribution is -2.46. The fourth-order valence-electron chi connectivity index (χ4n) is 4.53. The van der Waals surface area contributed by atoms with Crippen molar-refractivity contribution < 1.29 is 9.53 Å². The lowest BCUT2D eigenvalue weighted by atomic mass is 9.69. The fourth-order valence-corrected chi connectivity index (χ4v) is 4.53. The van der Waals surface area contributed by atoms with Crippen LogP contribution in [0.5, 0.6) is 5.75 Å². The maximum absolute atomic E-state index is 12.5. The molecular weight excluding hydrogens is 274 g/mol. The van der Waals surface area contributed by atoms with Crippen LogP contribution in [0.3, 0.4) is 0 Å². The molecule has 0 aliphatic heterocycles. The molecule has 2 aliphatic rings. The Morgan fingerprint density at radius 3 is 2.45 bits per heavy atom. The van der Waals surface area contributed by atoms with Crippen LogP contribution in [-0.2, 0) is 0 Å². The van der Waals surface area contributed by atoms with E-state index in [1.54, 1.807) is 0 Å². The molecule has 2 aliphatic carbocycles. The summed E-state index contributed by atoms with van der Waals surface area (Å²) in [6.07, 6.45) is 3.64. The first-order chi connectivity index (χ1) is 10.4. The zero-order valence-corrected chi connectivity index (χ0v) is 14.1. The molecule has 2 bridgehead atoms. The van der Waals surface area contributed by atoms with E-state index in [0.29, 0.717) is 23.6 Å². The van der Waals surface area contributed by atoms with Crippen LogP contribution >= 0.6 is 0 Å². The Labute approximate surface area is 133 Å². The molecule has 1 amide bonds. The third kappa shape index (κ3) is 2.22. The van der Waals surface area contributed by atoms with Gasteiger partial charge in [-0.25, -0.2) is 0 Å². The van der Waals surface area contributed by atoms with Gasteiger partial charge in [0, 0.05) is 11.6 Å². The average molecular weight is 301 g/mol. The highest BCUT2D eigenvalue weighted by atomic mass is 16.5. The molecule has 0 heterocycles. The second kappa shape index (κ2) is 5.29. The molecule has 0 radical (unpaired) electrons. The molecule has 0 aromatic heterocycles. The lowest BCUT2D eigenvalue weighted by molar-refractivity contribution is 0.0826. The molecule has 0 unspecified atom stereocenters. The van der Waals surface area contributed by atoms with Gasteiger partial charge < -0.3 is 10.1 Å². The topological polar surface area (TPSA) is 38.3 Å². The van der Waals surface area contributed by atoms with Gasteiger partial charge in [-0.05, 0) is 67.2 Å². The number of hydrogen-bond acceptors (Lipinski definition) is 2. The minimum Gasteiger partial charge on any atom is -0.494 e. The van der Waals surface area contributed by atoms with Crippen molar-refractivity contribution in [2.24, 2.45) is 16.7 Å². The second-order valence-electron chi connectivity index (χ2n) is 7.59. The van der Waals surface area contributed by atoms with E-state index in [4.69, 9.17) is 4.74 Å². The standard InChI is InChI=1S/C19H27NO2/c1-5-22-15-8-6-13(7-9-15)17(21)20-16-12-14-10-11-19(16,4)18(14,2)3/h6-9,14,16H,5,10-12H2,1-4H3,(H,20,21)/t14-,16+,19-/m1/s1. The molecule has 0 saturated heterocycles. The van der Waals surface area contributed by atoms with Crippen molar-refractivity contribution in [2.45, 2.75) is 53.0 Å². The quantitative estimate of drug-likeness (QED) is 0.912. The Morgan fingerprint density at radius 2 is 1.95 bits per heavy atom. The summed E-state index contributed by atoms with van der Waals surface area (Å²) in [5, 5.41) is 3.29. The van der Waals surface area contributed by atoms with Crippen molar-refractivity contribution in [1.29, 1.82) is 0 Å². The summed E-state index contributed by atoms with van der Waals surface area (Å²) in [4.78, 5) is 12.5. The zero-order chi connectivity index (χ0) is 16.0. The van der Waals surface area contributed by atoms with Crippen molar-refractivity contribution in [1.82, 2.24) is 5.32 Å². The molecule has 2 saturated carbocycles. The van der Waals surface area contributed by atoms with E-state index in [0.717, 1.165) is 18.1 Å². The van der Waals surface area contributed by atoms with E-state index in [9.17, 15) is 4.79 Å². The molecule has 3 rings (SSSR count). The first-order valence-electron chi connectivity index (χ1n) is 8.42. The minimum atomic E-state index is 0.0395. The third-order valence-electron chi connectivity index (χ3n) is 6.53. The van der Waals surface area contributed by atoms with Crippen LogP contribution in [0.2, 0.25) is 0 Å². The van der Waals surface area contributed by atoms with Crippen molar-refractivity contribution in [3.8, 4) is 5.75 Å². The number of fused-ring (bicyclic) bond motifs is 2. The normalized spacial score (nSPS) is 32.0. The molecule has 3 nitrogen and oxygen atoms in total. The number of nitrogens with one attached hydrogen (secondary N) is 1. The van der Waals surface area contributed by atoms with E-state index < -0.39 is 0 Å². The van der Waals surface area contributed by atoms with E-state index >= 15 is 0 Å². The molecule has 22 heavy (non-hydrogen) atoms. The summed E-state index contributed by atoms with van der Waals surface area (Å²) >= 11 is 0. The smallest absolute Gasteiger partial charge is 0.251 e. The molecule has 2 fully saturated rings. The van der Waals surface area contributed by atoms with Crippen molar-refractivity contribution in [3.05, 3.63) is 29.8 Å². The van der Waals surface area contributed by atoms with E-state index in [1.165, 1.54) is 12.8 Å². The van der Waals surface area contributed by atoms with Crippen LogP contribution in [0.1, 0.15) is 57.3 Å². The van der Waals surface area contributed by atoms with Crippen LogP contribution < -0.4 is 10.1 Å². The van der Waals surface area contributed by atoms with Crippen LogP contribution in [0.15, 0.2) is 24.3 Å². The van der Waals surface area contributed by atoms with Crippen LogP contribution in [0, 0.1) is 16.7 Å². The number of amides is 1. The Bertz CT molecular complexity index is 563. The van der Waals surface area contributed by atoms with E-state index in [1.807, 2.05) is 31.2 Å². The Balaban J connectivity index is 1.70. The predicted octanol–water partition coefficient (Wildman–Crippen LogP) is 4.03. The summed E-state index contributed by atoms with van der Waals surface area (Å²) in [5.74, 6) is 1.59. The first-order valence-corrected chi connectivity index (χ1v) is 8.42. The largest absolute Gasteiger partial charge is 0.494 e. The summed E-state index contributed by atoms with van der Waals surface area (Å²) in [5.41, 5.74) is 1.26. The van der Waals surface area contributed by atoms with Crippen LogP contribution in [-0.4, -0.2) is 18.6 Å².